The molecule has 1 saturated heterocycles. The Morgan fingerprint density at radius 3 is 2.07 bits per heavy atom. The third kappa shape index (κ3) is 3.71. The Balaban J connectivity index is 1.77. The van der Waals surface area contributed by atoms with E-state index in [2.05, 4.69) is 0 Å². The zero-order chi connectivity index (χ0) is 21.5. The number of nitrogens with zero attached hydrogens (tertiary/aromatic N) is 3. The maximum Gasteiger partial charge on any atom is 0.272 e. The summed E-state index contributed by atoms with van der Waals surface area (Å²) in [6.45, 7) is 1.40. The molecule has 0 saturated carbocycles. The summed E-state index contributed by atoms with van der Waals surface area (Å²) in [5.41, 5.74) is -0.454. The van der Waals surface area contributed by atoms with Gasteiger partial charge in [0.25, 0.3) is 11.6 Å². The average molecular weight is 432 g/mol. The van der Waals surface area contributed by atoms with E-state index in [1.807, 2.05) is 0 Å². The van der Waals surface area contributed by atoms with Crippen LogP contribution in [0, 0.1) is 40.3 Å². The number of rotatable bonds is 3. The molecule has 3 rings (SSSR count). The minimum Gasteiger partial charge on any atom is -0.363 e. The number of amides is 1. The minimum atomic E-state index is -1.68. The molecule has 0 spiro atoms. The lowest BCUT2D eigenvalue weighted by Crippen LogP contribution is -2.49. The highest BCUT2D eigenvalue weighted by Gasteiger charge is 2.31. The second-order valence-electron chi connectivity index (χ2n) is 6.46. The molecule has 1 amide bonds. The van der Waals surface area contributed by atoms with Crippen molar-refractivity contribution in [3.8, 4) is 0 Å². The van der Waals surface area contributed by atoms with Gasteiger partial charge in [0.05, 0.1) is 4.92 Å². The van der Waals surface area contributed by atoms with Crippen LogP contribution in [0.5, 0.6) is 0 Å². The SMILES string of the molecule is Cc1cc(C(=O)N2CCN(c3c(F)c(F)c(Cl)c(F)c3F)CC2)ccc1[N+](=O)[O-]. The van der Waals surface area contributed by atoms with Crippen LogP contribution in [-0.2, 0) is 0 Å². The van der Waals surface area contributed by atoms with Gasteiger partial charge in [0.15, 0.2) is 23.3 Å². The second kappa shape index (κ2) is 7.86. The van der Waals surface area contributed by atoms with Gasteiger partial charge in [0.1, 0.15) is 10.7 Å². The van der Waals surface area contributed by atoms with Crippen LogP contribution >= 0.6 is 11.6 Å². The summed E-state index contributed by atoms with van der Waals surface area (Å²) >= 11 is 5.23. The summed E-state index contributed by atoms with van der Waals surface area (Å²) in [6.07, 6.45) is 0. The second-order valence-corrected chi connectivity index (χ2v) is 6.83. The normalized spacial score (nSPS) is 14.3. The Morgan fingerprint density at radius 1 is 1.03 bits per heavy atom. The highest BCUT2D eigenvalue weighted by Crippen LogP contribution is 2.34. The summed E-state index contributed by atoms with van der Waals surface area (Å²) in [5.74, 6) is -6.97. The Hall–Kier alpha value is -2.88. The topological polar surface area (TPSA) is 66.7 Å². The molecule has 1 aliphatic heterocycles. The molecule has 0 bridgehead atoms. The van der Waals surface area contributed by atoms with Gasteiger partial charge in [0.2, 0.25) is 0 Å². The Morgan fingerprint density at radius 2 is 1.59 bits per heavy atom. The van der Waals surface area contributed by atoms with Crippen LogP contribution in [0.3, 0.4) is 0 Å². The molecule has 0 aliphatic carbocycles. The zero-order valence-corrected chi connectivity index (χ0v) is 15.8. The number of benzene rings is 2. The van der Waals surface area contributed by atoms with Crippen LogP contribution in [0.2, 0.25) is 5.02 Å². The first-order chi connectivity index (χ1) is 13.6. The molecule has 0 atom stereocenters. The van der Waals surface area contributed by atoms with E-state index in [-0.39, 0.29) is 37.4 Å². The van der Waals surface area contributed by atoms with Gasteiger partial charge in [0, 0.05) is 43.4 Å². The first kappa shape index (κ1) is 20.8. The van der Waals surface area contributed by atoms with Crippen molar-refractivity contribution in [1.29, 1.82) is 0 Å². The Labute approximate surface area is 167 Å². The van der Waals surface area contributed by atoms with Gasteiger partial charge in [-0.15, -0.1) is 0 Å². The molecule has 11 heteroatoms. The van der Waals surface area contributed by atoms with Gasteiger partial charge in [-0.1, -0.05) is 11.6 Å². The minimum absolute atomic E-state index is 0.0274. The van der Waals surface area contributed by atoms with Crippen LogP contribution in [0.25, 0.3) is 0 Å². The number of hydrogen-bond donors (Lipinski definition) is 0. The lowest BCUT2D eigenvalue weighted by Gasteiger charge is -2.36. The highest BCUT2D eigenvalue weighted by atomic mass is 35.5. The van der Waals surface area contributed by atoms with E-state index in [9.17, 15) is 32.5 Å². The monoisotopic (exact) mass is 431 g/mol. The lowest BCUT2D eigenvalue weighted by atomic mass is 10.1. The van der Waals surface area contributed by atoms with Crippen LogP contribution in [-0.4, -0.2) is 41.9 Å². The van der Waals surface area contributed by atoms with Crippen molar-refractivity contribution in [3.05, 3.63) is 67.7 Å². The number of piperazine rings is 1. The van der Waals surface area contributed by atoms with Crippen LogP contribution < -0.4 is 4.90 Å². The predicted octanol–water partition coefficient (Wildman–Crippen LogP) is 4.08. The van der Waals surface area contributed by atoms with Crippen molar-refractivity contribution in [2.75, 3.05) is 31.1 Å². The van der Waals surface area contributed by atoms with Crippen molar-refractivity contribution in [2.45, 2.75) is 6.92 Å². The van der Waals surface area contributed by atoms with Gasteiger partial charge < -0.3 is 9.80 Å². The number of hydrogen-bond acceptors (Lipinski definition) is 4. The highest BCUT2D eigenvalue weighted by molar-refractivity contribution is 6.31. The zero-order valence-electron chi connectivity index (χ0n) is 15.0. The molecular formula is C18H14ClF4N3O3. The van der Waals surface area contributed by atoms with E-state index < -0.39 is 44.8 Å². The maximum absolute atomic E-state index is 14.1. The molecule has 154 valence electrons. The van der Waals surface area contributed by atoms with Crippen molar-refractivity contribution in [1.82, 2.24) is 4.90 Å². The summed E-state index contributed by atoms with van der Waals surface area (Å²) in [6, 6.07) is 3.93. The number of aryl methyl sites for hydroxylation is 1. The molecule has 0 aromatic heterocycles. The molecule has 1 fully saturated rings. The van der Waals surface area contributed by atoms with Crippen LogP contribution in [0.15, 0.2) is 18.2 Å². The van der Waals surface area contributed by atoms with E-state index in [1.54, 1.807) is 0 Å². The standard InChI is InChI=1S/C18H14ClF4N3O3/c1-9-8-10(2-3-11(9)26(28)29)18(27)25-6-4-24(5-7-25)17-15(22)13(20)12(19)14(21)16(17)23/h2-3,8H,4-7H2,1H3. The van der Waals surface area contributed by atoms with Crippen LogP contribution in [0.4, 0.5) is 28.9 Å². The third-order valence-electron chi connectivity index (χ3n) is 4.71. The number of nitro groups is 1. The fraction of sp³-hybridized carbons (Fsp3) is 0.278. The van der Waals surface area contributed by atoms with Crippen molar-refractivity contribution in [2.24, 2.45) is 0 Å². The van der Waals surface area contributed by atoms with Gasteiger partial charge in [-0.25, -0.2) is 17.6 Å². The smallest absolute Gasteiger partial charge is 0.272 e. The van der Waals surface area contributed by atoms with E-state index in [0.29, 0.717) is 5.56 Å². The van der Waals surface area contributed by atoms with Gasteiger partial charge in [-0.05, 0) is 19.1 Å². The molecule has 1 heterocycles. The Bertz CT molecular complexity index is 981. The van der Waals surface area contributed by atoms with Gasteiger partial charge >= 0.3 is 0 Å². The first-order valence-corrected chi connectivity index (χ1v) is 8.82. The predicted molar refractivity (Wildman–Crippen MR) is 97.2 cm³/mol. The molecular weight excluding hydrogens is 418 g/mol. The number of carbonyl (C=O) groups excluding carboxylic acids is 1. The summed E-state index contributed by atoms with van der Waals surface area (Å²) < 4.78 is 55.6. The molecule has 0 N–H and O–H groups in total. The Kier molecular flexibility index (Phi) is 5.65. The number of carbonyl (C=O) groups is 1. The summed E-state index contributed by atoms with van der Waals surface area (Å²) in [7, 11) is 0. The molecule has 29 heavy (non-hydrogen) atoms. The van der Waals surface area contributed by atoms with Crippen LogP contribution in [0.1, 0.15) is 15.9 Å². The summed E-state index contributed by atoms with van der Waals surface area (Å²) in [5, 5.41) is 9.62. The molecule has 2 aromatic carbocycles. The van der Waals surface area contributed by atoms with E-state index in [4.69, 9.17) is 11.6 Å². The molecule has 2 aromatic rings. The number of halogens is 5. The number of anilines is 1. The van der Waals surface area contributed by atoms with Crippen molar-refractivity contribution < 1.29 is 27.3 Å². The van der Waals surface area contributed by atoms with E-state index in [0.717, 1.165) is 4.90 Å². The quantitative estimate of drug-likeness (QED) is 0.241. The largest absolute Gasteiger partial charge is 0.363 e. The molecule has 0 unspecified atom stereocenters. The summed E-state index contributed by atoms with van der Waals surface area (Å²) in [4.78, 5) is 25.4. The molecule has 6 nitrogen and oxygen atoms in total. The molecule has 1 aliphatic rings. The third-order valence-corrected chi connectivity index (χ3v) is 5.04. The van der Waals surface area contributed by atoms with Crippen molar-refractivity contribution in [3.63, 3.8) is 0 Å². The molecule has 0 radical (unpaired) electrons. The lowest BCUT2D eigenvalue weighted by molar-refractivity contribution is -0.385. The average Bonchev–Trinajstić information content (AvgIpc) is 2.70. The fourth-order valence-corrected chi connectivity index (χ4v) is 3.35. The fourth-order valence-electron chi connectivity index (χ4n) is 3.18. The van der Waals surface area contributed by atoms with E-state index >= 15 is 0 Å². The maximum atomic E-state index is 14.1. The van der Waals surface area contributed by atoms with Gasteiger partial charge in [-0.2, -0.15) is 0 Å². The van der Waals surface area contributed by atoms with Gasteiger partial charge in [-0.3, -0.25) is 14.9 Å². The van der Waals surface area contributed by atoms with Crippen molar-refractivity contribution >= 4 is 28.9 Å². The van der Waals surface area contributed by atoms with E-state index in [1.165, 1.54) is 30.0 Å². The first-order valence-electron chi connectivity index (χ1n) is 8.44. The number of nitro benzene ring substituents is 1.